The Morgan fingerprint density at radius 3 is 2.57 bits per heavy atom. The highest BCUT2D eigenvalue weighted by molar-refractivity contribution is 7.99. The summed E-state index contributed by atoms with van der Waals surface area (Å²) in [6, 6.07) is 19.3. The SMILES string of the molecule is O=C(CCCSc1cc(C(=O)NC2CC2)c2ccccc2n1)c1ccccc1. The second-order valence-electron chi connectivity index (χ2n) is 7.01. The molecule has 4 rings (SSSR count). The van der Waals surface area contributed by atoms with Crippen LogP contribution >= 0.6 is 11.8 Å². The third-order valence-electron chi connectivity index (χ3n) is 4.74. The highest BCUT2D eigenvalue weighted by Gasteiger charge is 2.25. The van der Waals surface area contributed by atoms with Crippen molar-refractivity contribution >= 4 is 34.4 Å². The summed E-state index contributed by atoms with van der Waals surface area (Å²) in [5.41, 5.74) is 2.27. The molecule has 0 saturated heterocycles. The summed E-state index contributed by atoms with van der Waals surface area (Å²) in [6.45, 7) is 0. The number of ketones is 1. The van der Waals surface area contributed by atoms with Crippen LogP contribution in [0.15, 0.2) is 65.7 Å². The number of hydrogen-bond acceptors (Lipinski definition) is 4. The number of nitrogens with one attached hydrogen (secondary N) is 1. The number of carbonyl (C=O) groups is 2. The van der Waals surface area contributed by atoms with Crippen LogP contribution in [0.5, 0.6) is 0 Å². The maximum atomic E-state index is 12.6. The van der Waals surface area contributed by atoms with Gasteiger partial charge in [-0.25, -0.2) is 4.98 Å². The molecule has 1 amide bonds. The molecule has 2 aromatic carbocycles. The molecule has 0 atom stereocenters. The van der Waals surface area contributed by atoms with Crippen molar-refractivity contribution in [3.8, 4) is 0 Å². The minimum Gasteiger partial charge on any atom is -0.349 e. The third-order valence-corrected chi connectivity index (χ3v) is 5.74. The summed E-state index contributed by atoms with van der Waals surface area (Å²) in [5.74, 6) is 0.924. The first kappa shape index (κ1) is 18.7. The smallest absolute Gasteiger partial charge is 0.252 e. The van der Waals surface area contributed by atoms with Gasteiger partial charge in [-0.05, 0) is 37.1 Å². The van der Waals surface area contributed by atoms with Crippen LogP contribution in [0.25, 0.3) is 10.9 Å². The largest absolute Gasteiger partial charge is 0.349 e. The van der Waals surface area contributed by atoms with Crippen molar-refractivity contribution in [2.45, 2.75) is 36.8 Å². The van der Waals surface area contributed by atoms with E-state index in [1.165, 1.54) is 0 Å². The van der Waals surface area contributed by atoms with Gasteiger partial charge in [-0.1, -0.05) is 48.5 Å². The van der Waals surface area contributed by atoms with E-state index in [4.69, 9.17) is 0 Å². The number of Topliss-reactive ketones (excluding diaryl/α,β-unsaturated/α-hetero) is 1. The number of carbonyl (C=O) groups excluding carboxylic acids is 2. The van der Waals surface area contributed by atoms with Crippen LogP contribution in [0, 0.1) is 0 Å². The molecule has 0 radical (unpaired) electrons. The Kier molecular flexibility index (Phi) is 5.72. The zero-order valence-electron chi connectivity index (χ0n) is 15.6. The van der Waals surface area contributed by atoms with E-state index in [2.05, 4.69) is 10.3 Å². The summed E-state index contributed by atoms with van der Waals surface area (Å²) in [4.78, 5) is 29.5. The van der Waals surface area contributed by atoms with E-state index in [1.54, 1.807) is 11.8 Å². The van der Waals surface area contributed by atoms with Crippen molar-refractivity contribution < 1.29 is 9.59 Å². The maximum absolute atomic E-state index is 12.6. The van der Waals surface area contributed by atoms with Crippen LogP contribution in [-0.2, 0) is 0 Å². The van der Waals surface area contributed by atoms with E-state index in [0.29, 0.717) is 18.0 Å². The second kappa shape index (κ2) is 8.57. The fourth-order valence-corrected chi connectivity index (χ4v) is 3.94. The lowest BCUT2D eigenvalue weighted by atomic mass is 10.1. The molecule has 4 nitrogen and oxygen atoms in total. The van der Waals surface area contributed by atoms with E-state index in [-0.39, 0.29) is 11.7 Å². The zero-order valence-corrected chi connectivity index (χ0v) is 16.4. The molecule has 3 aromatic rings. The Morgan fingerprint density at radius 1 is 1.04 bits per heavy atom. The van der Waals surface area contributed by atoms with Gasteiger partial charge in [0.2, 0.25) is 0 Å². The molecule has 1 aromatic heterocycles. The number of rotatable bonds is 8. The molecular weight excluding hydrogens is 368 g/mol. The van der Waals surface area contributed by atoms with Crippen molar-refractivity contribution in [3.63, 3.8) is 0 Å². The minimum atomic E-state index is -0.0257. The predicted octanol–water partition coefficient (Wildman–Crippen LogP) is 4.88. The van der Waals surface area contributed by atoms with E-state index >= 15 is 0 Å². The van der Waals surface area contributed by atoms with Crippen LogP contribution in [0.1, 0.15) is 46.4 Å². The van der Waals surface area contributed by atoms with Gasteiger partial charge in [0.1, 0.15) is 0 Å². The third kappa shape index (κ3) is 4.60. The van der Waals surface area contributed by atoms with Crippen LogP contribution in [0.3, 0.4) is 0 Å². The van der Waals surface area contributed by atoms with Crippen LogP contribution in [0.2, 0.25) is 0 Å². The van der Waals surface area contributed by atoms with Gasteiger partial charge in [-0.2, -0.15) is 0 Å². The highest BCUT2D eigenvalue weighted by atomic mass is 32.2. The summed E-state index contributed by atoms with van der Waals surface area (Å²) < 4.78 is 0. The average Bonchev–Trinajstić information content (AvgIpc) is 3.55. The first-order chi connectivity index (χ1) is 13.7. The van der Waals surface area contributed by atoms with Gasteiger partial charge in [0.25, 0.3) is 5.91 Å². The van der Waals surface area contributed by atoms with Crippen LogP contribution < -0.4 is 5.32 Å². The average molecular weight is 391 g/mol. The molecule has 142 valence electrons. The normalized spacial score (nSPS) is 13.4. The number of pyridine rings is 1. The molecule has 1 fully saturated rings. The monoisotopic (exact) mass is 390 g/mol. The topological polar surface area (TPSA) is 59.1 Å². The molecule has 0 aliphatic heterocycles. The van der Waals surface area contributed by atoms with E-state index in [0.717, 1.165) is 46.5 Å². The van der Waals surface area contributed by atoms with Crippen molar-refractivity contribution in [2.75, 3.05) is 5.75 Å². The van der Waals surface area contributed by atoms with Gasteiger partial charge in [-0.3, -0.25) is 9.59 Å². The number of aromatic nitrogens is 1. The first-order valence-corrected chi connectivity index (χ1v) is 10.6. The Balaban J connectivity index is 1.42. The molecule has 1 aliphatic carbocycles. The number of hydrogen-bond donors (Lipinski definition) is 1. The molecule has 5 heteroatoms. The number of para-hydroxylation sites is 1. The lowest BCUT2D eigenvalue weighted by molar-refractivity contribution is 0.0950. The van der Waals surface area contributed by atoms with Gasteiger partial charge in [0.05, 0.1) is 16.1 Å². The predicted molar refractivity (Wildman–Crippen MR) is 113 cm³/mol. The van der Waals surface area contributed by atoms with Gasteiger partial charge in [0, 0.05) is 23.4 Å². The fraction of sp³-hybridized carbons (Fsp3) is 0.261. The maximum Gasteiger partial charge on any atom is 0.252 e. The van der Waals surface area contributed by atoms with Gasteiger partial charge >= 0.3 is 0 Å². The van der Waals surface area contributed by atoms with Crippen molar-refractivity contribution in [3.05, 3.63) is 71.8 Å². The molecule has 0 spiro atoms. The molecule has 0 unspecified atom stereocenters. The lowest BCUT2D eigenvalue weighted by Crippen LogP contribution is -2.25. The lowest BCUT2D eigenvalue weighted by Gasteiger charge is -2.10. The van der Waals surface area contributed by atoms with Crippen LogP contribution in [-0.4, -0.2) is 28.5 Å². The molecule has 0 bridgehead atoms. The summed E-state index contributed by atoms with van der Waals surface area (Å²) in [6.07, 6.45) is 3.41. The zero-order chi connectivity index (χ0) is 19.3. The molecule has 1 saturated carbocycles. The molecule has 1 aliphatic rings. The second-order valence-corrected chi connectivity index (χ2v) is 8.13. The Morgan fingerprint density at radius 2 is 1.79 bits per heavy atom. The Hall–Kier alpha value is -2.66. The first-order valence-electron chi connectivity index (χ1n) is 9.62. The van der Waals surface area contributed by atoms with E-state index in [9.17, 15) is 9.59 Å². The number of fused-ring (bicyclic) bond motifs is 1. The van der Waals surface area contributed by atoms with Gasteiger partial charge < -0.3 is 5.32 Å². The molecule has 28 heavy (non-hydrogen) atoms. The number of nitrogens with zero attached hydrogens (tertiary/aromatic N) is 1. The summed E-state index contributed by atoms with van der Waals surface area (Å²) >= 11 is 1.60. The number of amides is 1. The van der Waals surface area contributed by atoms with Crippen molar-refractivity contribution in [1.82, 2.24) is 10.3 Å². The molecular formula is C23H22N2O2S. The quantitative estimate of drug-likeness (QED) is 0.338. The van der Waals surface area contributed by atoms with Crippen molar-refractivity contribution in [1.29, 1.82) is 0 Å². The fourth-order valence-electron chi connectivity index (χ4n) is 3.08. The van der Waals surface area contributed by atoms with E-state index in [1.807, 2.05) is 60.7 Å². The van der Waals surface area contributed by atoms with Gasteiger partial charge in [0.15, 0.2) is 5.78 Å². The van der Waals surface area contributed by atoms with E-state index < -0.39 is 0 Å². The Bertz CT molecular complexity index is 1000. The minimum absolute atomic E-state index is 0.0257. The summed E-state index contributed by atoms with van der Waals surface area (Å²) in [5, 5.41) is 4.77. The van der Waals surface area contributed by atoms with Crippen LogP contribution in [0.4, 0.5) is 0 Å². The highest BCUT2D eigenvalue weighted by Crippen LogP contribution is 2.26. The number of thioether (sulfide) groups is 1. The Labute approximate surface area is 168 Å². The molecule has 1 N–H and O–H groups in total. The van der Waals surface area contributed by atoms with Gasteiger partial charge in [-0.15, -0.1) is 11.8 Å². The summed E-state index contributed by atoms with van der Waals surface area (Å²) in [7, 11) is 0. The standard InChI is InChI=1S/C23H22N2O2S/c26-21(16-7-2-1-3-8-16)11-6-14-28-22-15-19(23(27)24-17-12-13-17)18-9-4-5-10-20(18)25-22/h1-5,7-10,15,17H,6,11-14H2,(H,24,27). The molecule has 1 heterocycles. The number of benzene rings is 2. The van der Waals surface area contributed by atoms with Crippen molar-refractivity contribution in [2.24, 2.45) is 0 Å².